The topological polar surface area (TPSA) is 83.1 Å². The quantitative estimate of drug-likeness (QED) is 0.112. The molecular weight excluding hydrogens is 595 g/mol. The van der Waals surface area contributed by atoms with E-state index in [-0.39, 0.29) is 42.2 Å². The van der Waals surface area contributed by atoms with Crippen molar-refractivity contribution in [2.24, 2.45) is 0 Å². The fraction of sp³-hybridized carbons (Fsp3) is 0.474. The molecule has 0 saturated carbocycles. The van der Waals surface area contributed by atoms with Crippen LogP contribution in [0.5, 0.6) is 0 Å². The molecule has 0 radical (unpaired) electrons. The standard InChI is InChI=1S/C38H53NO6Si/c1-10-18-32(28(3)24-26-42-35(41)29-19-14-12-15-20-29)39-34(40)27-31(45-46(8,9)37(4,5)6)23-25-38(7)33(11-2)43-36(44-38)30-21-16-13-17-22-30/h10-17,19-22,24,31-33,36H,1-2,18,23,25-27H2,3-9H3,(H,39,40)/t31-,32+,33+,36+,38-/m1/s1. The number of nitrogens with one attached hydrogen (secondary N) is 1. The van der Waals surface area contributed by atoms with Crippen molar-refractivity contribution in [3.63, 3.8) is 0 Å². The molecule has 8 heteroatoms. The highest BCUT2D eigenvalue weighted by molar-refractivity contribution is 6.74. The lowest BCUT2D eigenvalue weighted by molar-refractivity contribution is -0.123. The molecule has 1 aliphatic rings. The maximum Gasteiger partial charge on any atom is 0.338 e. The summed E-state index contributed by atoms with van der Waals surface area (Å²) >= 11 is 0. The first kappa shape index (κ1) is 37.2. The number of amides is 1. The lowest BCUT2D eigenvalue weighted by Gasteiger charge is -2.40. The largest absolute Gasteiger partial charge is 0.458 e. The summed E-state index contributed by atoms with van der Waals surface area (Å²) in [6, 6.07) is 18.5. The van der Waals surface area contributed by atoms with E-state index in [1.54, 1.807) is 36.4 Å². The Bertz CT molecular complexity index is 1340. The van der Waals surface area contributed by atoms with Gasteiger partial charge in [0.1, 0.15) is 12.7 Å². The van der Waals surface area contributed by atoms with Crippen molar-refractivity contribution in [3.8, 4) is 0 Å². The second-order valence-electron chi connectivity index (χ2n) is 13.8. The first-order chi connectivity index (χ1) is 21.7. The van der Waals surface area contributed by atoms with Crippen molar-refractivity contribution in [2.75, 3.05) is 6.61 Å². The molecule has 3 rings (SSSR count). The van der Waals surface area contributed by atoms with Gasteiger partial charge in [0.05, 0.1) is 29.7 Å². The SMILES string of the molecule is C=CC[C@H](NC(=O)C[C@@H](CC[C@@]1(C)O[C@@H](c2ccccc2)O[C@H]1C=C)O[Si](C)(C)C(C)(C)C)C(C)=CCOC(=O)c1ccccc1. The van der Waals surface area contributed by atoms with Crippen molar-refractivity contribution in [1.82, 2.24) is 5.32 Å². The van der Waals surface area contributed by atoms with E-state index in [4.69, 9.17) is 18.6 Å². The fourth-order valence-corrected chi connectivity index (χ4v) is 6.55. The van der Waals surface area contributed by atoms with Crippen LogP contribution in [-0.2, 0) is 23.4 Å². The van der Waals surface area contributed by atoms with Gasteiger partial charge in [0.25, 0.3) is 0 Å². The third kappa shape index (κ3) is 10.4. The highest BCUT2D eigenvalue weighted by Gasteiger charge is 2.46. The van der Waals surface area contributed by atoms with Crippen molar-refractivity contribution >= 4 is 20.2 Å². The van der Waals surface area contributed by atoms with Gasteiger partial charge in [-0.05, 0) is 69.5 Å². The van der Waals surface area contributed by atoms with Crippen molar-refractivity contribution in [1.29, 1.82) is 0 Å². The lowest BCUT2D eigenvalue weighted by Crippen LogP contribution is -2.46. The first-order valence-electron chi connectivity index (χ1n) is 16.2. The molecule has 0 unspecified atom stereocenters. The van der Waals surface area contributed by atoms with Gasteiger partial charge in [0.2, 0.25) is 5.91 Å². The molecule has 46 heavy (non-hydrogen) atoms. The first-order valence-corrected chi connectivity index (χ1v) is 19.1. The summed E-state index contributed by atoms with van der Waals surface area (Å²) in [5.74, 6) is -0.500. The predicted molar refractivity (Wildman–Crippen MR) is 187 cm³/mol. The monoisotopic (exact) mass is 647 g/mol. The summed E-state index contributed by atoms with van der Waals surface area (Å²) in [5.41, 5.74) is 1.71. The van der Waals surface area contributed by atoms with Crippen LogP contribution >= 0.6 is 0 Å². The highest BCUT2D eigenvalue weighted by atomic mass is 28.4. The van der Waals surface area contributed by atoms with Gasteiger partial charge < -0.3 is 24.0 Å². The van der Waals surface area contributed by atoms with Crippen LogP contribution in [0, 0.1) is 0 Å². The van der Waals surface area contributed by atoms with Gasteiger partial charge in [0, 0.05) is 5.56 Å². The summed E-state index contributed by atoms with van der Waals surface area (Å²) in [7, 11) is -2.21. The van der Waals surface area contributed by atoms with Gasteiger partial charge >= 0.3 is 5.97 Å². The summed E-state index contributed by atoms with van der Waals surface area (Å²) in [6.45, 7) is 23.0. The third-order valence-electron chi connectivity index (χ3n) is 9.09. The Labute approximate surface area is 277 Å². The zero-order chi connectivity index (χ0) is 34.0. The summed E-state index contributed by atoms with van der Waals surface area (Å²) in [5, 5.41) is 3.15. The number of benzene rings is 2. The van der Waals surface area contributed by atoms with Gasteiger partial charge in [-0.25, -0.2) is 4.79 Å². The fourth-order valence-electron chi connectivity index (χ4n) is 5.16. The highest BCUT2D eigenvalue weighted by Crippen LogP contribution is 2.43. The maximum atomic E-state index is 13.6. The molecule has 0 bridgehead atoms. The smallest absolute Gasteiger partial charge is 0.338 e. The molecule has 7 nitrogen and oxygen atoms in total. The summed E-state index contributed by atoms with van der Waals surface area (Å²) < 4.78 is 25.1. The van der Waals surface area contributed by atoms with Crippen molar-refractivity contribution in [2.45, 2.75) is 109 Å². The Hall–Kier alpha value is -3.30. The molecule has 2 aromatic rings. The second-order valence-corrected chi connectivity index (χ2v) is 18.5. The molecule has 0 spiro atoms. The number of hydrogen-bond acceptors (Lipinski definition) is 6. The molecule has 1 N–H and O–H groups in total. The number of ether oxygens (including phenoxy) is 3. The molecular formula is C38H53NO6Si. The molecule has 1 saturated heterocycles. The molecule has 250 valence electrons. The molecule has 2 aromatic carbocycles. The Balaban J connectivity index is 1.70. The van der Waals surface area contributed by atoms with E-state index < -0.39 is 26.2 Å². The van der Waals surface area contributed by atoms with Gasteiger partial charge in [-0.1, -0.05) is 87.0 Å². The van der Waals surface area contributed by atoms with Crippen LogP contribution in [0.3, 0.4) is 0 Å². The third-order valence-corrected chi connectivity index (χ3v) is 13.6. The predicted octanol–water partition coefficient (Wildman–Crippen LogP) is 8.47. The van der Waals surface area contributed by atoms with E-state index in [1.807, 2.05) is 56.3 Å². The van der Waals surface area contributed by atoms with E-state index in [2.05, 4.69) is 52.3 Å². The number of esters is 1. The van der Waals surface area contributed by atoms with Crippen LogP contribution in [0.2, 0.25) is 18.1 Å². The number of carbonyl (C=O) groups excluding carboxylic acids is 2. The maximum absolute atomic E-state index is 13.6. The van der Waals surface area contributed by atoms with Crippen LogP contribution in [0.4, 0.5) is 0 Å². The summed E-state index contributed by atoms with van der Waals surface area (Å²) in [6.07, 6.45) is 6.28. The van der Waals surface area contributed by atoms with E-state index >= 15 is 0 Å². The number of carbonyl (C=O) groups is 2. The number of hydrogen-bond donors (Lipinski definition) is 1. The van der Waals surface area contributed by atoms with Crippen LogP contribution in [-0.4, -0.2) is 50.7 Å². The van der Waals surface area contributed by atoms with Crippen molar-refractivity contribution < 1.29 is 28.2 Å². The lowest BCUT2D eigenvalue weighted by atomic mass is 9.91. The number of rotatable bonds is 16. The van der Waals surface area contributed by atoms with Gasteiger partial charge in [-0.3, -0.25) is 4.79 Å². The Morgan fingerprint density at radius 1 is 1.07 bits per heavy atom. The van der Waals surface area contributed by atoms with Crippen LogP contribution < -0.4 is 5.32 Å². The minimum absolute atomic E-state index is 0.0253. The molecule has 0 aromatic heterocycles. The molecule has 1 fully saturated rings. The van der Waals surface area contributed by atoms with E-state index in [0.29, 0.717) is 24.8 Å². The van der Waals surface area contributed by atoms with Crippen LogP contribution in [0.1, 0.15) is 82.5 Å². The Morgan fingerprint density at radius 3 is 2.28 bits per heavy atom. The van der Waals surface area contributed by atoms with Gasteiger partial charge in [-0.15, -0.1) is 13.2 Å². The average molecular weight is 648 g/mol. The van der Waals surface area contributed by atoms with E-state index in [1.165, 1.54) is 0 Å². The van der Waals surface area contributed by atoms with Crippen molar-refractivity contribution in [3.05, 3.63) is 109 Å². The van der Waals surface area contributed by atoms with Crippen LogP contribution in [0.25, 0.3) is 0 Å². The molecule has 5 atom stereocenters. The van der Waals surface area contributed by atoms with Gasteiger partial charge in [0.15, 0.2) is 14.6 Å². The molecule has 1 heterocycles. The molecule has 0 aliphatic carbocycles. The zero-order valence-electron chi connectivity index (χ0n) is 28.7. The zero-order valence-corrected chi connectivity index (χ0v) is 29.7. The minimum atomic E-state index is -2.21. The molecule has 1 aliphatic heterocycles. The summed E-state index contributed by atoms with van der Waals surface area (Å²) in [4.78, 5) is 25.9. The molecule has 1 amide bonds. The van der Waals surface area contributed by atoms with Gasteiger partial charge in [-0.2, -0.15) is 0 Å². The van der Waals surface area contributed by atoms with E-state index in [0.717, 1.165) is 11.1 Å². The second kappa shape index (κ2) is 16.5. The Morgan fingerprint density at radius 2 is 1.70 bits per heavy atom. The average Bonchev–Trinajstić information content (AvgIpc) is 3.36. The normalized spacial score (nSPS) is 21.7. The van der Waals surface area contributed by atoms with E-state index in [9.17, 15) is 9.59 Å². The Kier molecular flexibility index (Phi) is 13.3. The van der Waals surface area contributed by atoms with Crippen LogP contribution in [0.15, 0.2) is 97.6 Å². The minimum Gasteiger partial charge on any atom is -0.458 e.